The largest absolute Gasteiger partial charge is 0.494 e. The number of rotatable bonds is 14. The molecule has 2 rings (SSSR count). The van der Waals surface area contributed by atoms with Crippen LogP contribution in [-0.2, 0) is 4.12 Å². The van der Waals surface area contributed by atoms with Crippen molar-refractivity contribution in [3.8, 4) is 11.5 Å². The molecule has 0 aliphatic rings. The molecule has 0 atom stereocenters. The van der Waals surface area contributed by atoms with Gasteiger partial charge in [0.2, 0.25) is 0 Å². The molecule has 184 valence electrons. The van der Waals surface area contributed by atoms with Gasteiger partial charge in [-0.3, -0.25) is 0 Å². The second-order valence-corrected chi connectivity index (χ2v) is 19.7. The first-order valence-corrected chi connectivity index (χ1v) is 18.8. The van der Waals surface area contributed by atoms with Crippen molar-refractivity contribution in [2.75, 3.05) is 13.2 Å². The van der Waals surface area contributed by atoms with E-state index in [4.69, 9.17) is 13.6 Å². The van der Waals surface area contributed by atoms with Crippen molar-refractivity contribution < 1.29 is 13.6 Å². The first-order chi connectivity index (χ1) is 15.5. The molecule has 0 aliphatic heterocycles. The Hall–Kier alpha value is -1.57. The standard InChI is InChI=1S/C28H46O3Si2/c1-23-13-15-27(21-25(23)3)29-17-9-11-19-33(8,31-32(5,6)7)20-12-10-18-30-28-16-14-24(2)26(4)22-28/h13-16,21-22H,9-12,17-20H2,1-8H3. The van der Waals surface area contributed by atoms with E-state index in [1.807, 2.05) is 0 Å². The van der Waals surface area contributed by atoms with Crippen LogP contribution < -0.4 is 9.47 Å². The Bertz CT molecular complexity index is 812. The van der Waals surface area contributed by atoms with Crippen molar-refractivity contribution in [1.29, 1.82) is 0 Å². The average molecular weight is 487 g/mol. The van der Waals surface area contributed by atoms with Crippen LogP contribution >= 0.6 is 0 Å². The van der Waals surface area contributed by atoms with Gasteiger partial charge in [-0.05, 0) is 125 Å². The maximum absolute atomic E-state index is 6.81. The maximum Gasteiger partial charge on any atom is 0.176 e. The van der Waals surface area contributed by atoms with Crippen molar-refractivity contribution in [3.63, 3.8) is 0 Å². The molecule has 0 spiro atoms. The zero-order valence-electron chi connectivity index (χ0n) is 22.3. The average Bonchev–Trinajstić information content (AvgIpc) is 2.71. The lowest BCUT2D eigenvalue weighted by Crippen LogP contribution is -2.44. The van der Waals surface area contributed by atoms with Gasteiger partial charge >= 0.3 is 0 Å². The lowest BCUT2D eigenvalue weighted by molar-refractivity contribution is 0.306. The minimum atomic E-state index is -1.73. The third-order valence-electron chi connectivity index (χ3n) is 6.25. The van der Waals surface area contributed by atoms with Gasteiger partial charge in [-0.1, -0.05) is 25.0 Å². The van der Waals surface area contributed by atoms with Gasteiger partial charge in [0.15, 0.2) is 16.6 Å². The first kappa shape index (κ1) is 27.7. The molecule has 0 saturated heterocycles. The lowest BCUT2D eigenvalue weighted by atomic mass is 10.1. The molecular formula is C28H46O3Si2. The summed E-state index contributed by atoms with van der Waals surface area (Å²) >= 11 is 0. The number of unbranched alkanes of at least 4 members (excludes halogenated alkanes) is 2. The van der Waals surface area contributed by atoms with Crippen molar-refractivity contribution in [3.05, 3.63) is 58.7 Å². The van der Waals surface area contributed by atoms with E-state index in [0.717, 1.165) is 37.6 Å². The van der Waals surface area contributed by atoms with Gasteiger partial charge in [0.05, 0.1) is 13.2 Å². The van der Waals surface area contributed by atoms with E-state index in [1.165, 1.54) is 47.2 Å². The predicted molar refractivity (Wildman–Crippen MR) is 147 cm³/mol. The molecule has 0 fully saturated rings. The molecule has 0 heterocycles. The van der Waals surface area contributed by atoms with Crippen LogP contribution in [0.25, 0.3) is 0 Å². The van der Waals surface area contributed by atoms with Crippen LogP contribution in [-0.4, -0.2) is 29.8 Å². The molecule has 0 unspecified atom stereocenters. The van der Waals surface area contributed by atoms with Gasteiger partial charge in [0.25, 0.3) is 0 Å². The van der Waals surface area contributed by atoms with E-state index in [9.17, 15) is 0 Å². The van der Waals surface area contributed by atoms with Crippen molar-refractivity contribution in [2.45, 2.75) is 91.7 Å². The van der Waals surface area contributed by atoms with Gasteiger partial charge in [-0.25, -0.2) is 0 Å². The molecule has 2 aromatic rings. The molecule has 0 aliphatic carbocycles. The van der Waals surface area contributed by atoms with Crippen LogP contribution in [0.2, 0.25) is 38.3 Å². The predicted octanol–water partition coefficient (Wildman–Crippen LogP) is 8.37. The fourth-order valence-corrected chi connectivity index (χ4v) is 13.1. The molecule has 0 bridgehead atoms. The highest BCUT2D eigenvalue weighted by molar-refractivity contribution is 6.84. The molecule has 2 aromatic carbocycles. The van der Waals surface area contributed by atoms with E-state index < -0.39 is 16.6 Å². The SMILES string of the molecule is Cc1ccc(OCCCC[Si](C)(CCCCOc2ccc(C)c(C)c2)O[Si](C)(C)C)cc1C. The van der Waals surface area contributed by atoms with Gasteiger partial charge in [-0.15, -0.1) is 0 Å². The number of ether oxygens (including phenoxy) is 2. The molecule has 3 nitrogen and oxygen atoms in total. The highest BCUT2D eigenvalue weighted by atomic mass is 28.4. The van der Waals surface area contributed by atoms with Crippen LogP contribution in [0.3, 0.4) is 0 Å². The van der Waals surface area contributed by atoms with Crippen molar-refractivity contribution in [2.24, 2.45) is 0 Å². The van der Waals surface area contributed by atoms with Crippen LogP contribution in [0, 0.1) is 27.7 Å². The summed E-state index contributed by atoms with van der Waals surface area (Å²) in [6.45, 7) is 19.5. The number of hydrogen-bond acceptors (Lipinski definition) is 3. The minimum Gasteiger partial charge on any atom is -0.494 e. The summed E-state index contributed by atoms with van der Waals surface area (Å²) in [6.07, 6.45) is 4.52. The van der Waals surface area contributed by atoms with Crippen LogP contribution in [0.1, 0.15) is 47.9 Å². The van der Waals surface area contributed by atoms with E-state index >= 15 is 0 Å². The molecule has 0 N–H and O–H groups in total. The van der Waals surface area contributed by atoms with Crippen LogP contribution in [0.4, 0.5) is 0 Å². The quantitative estimate of drug-likeness (QED) is 0.198. The van der Waals surface area contributed by atoms with E-state index in [-0.39, 0.29) is 0 Å². The Balaban J connectivity index is 1.74. The molecule has 0 saturated carbocycles. The van der Waals surface area contributed by atoms with Gasteiger partial charge in [-0.2, -0.15) is 0 Å². The monoisotopic (exact) mass is 486 g/mol. The third kappa shape index (κ3) is 10.5. The van der Waals surface area contributed by atoms with Crippen LogP contribution in [0.5, 0.6) is 11.5 Å². The fourth-order valence-electron chi connectivity index (χ4n) is 4.16. The molecular weight excluding hydrogens is 440 g/mol. The number of benzene rings is 2. The topological polar surface area (TPSA) is 27.7 Å². The maximum atomic E-state index is 6.81. The highest BCUT2D eigenvalue weighted by Crippen LogP contribution is 2.27. The molecule has 0 aromatic heterocycles. The Morgan fingerprint density at radius 3 is 1.36 bits per heavy atom. The second-order valence-electron chi connectivity index (χ2n) is 10.8. The summed E-state index contributed by atoms with van der Waals surface area (Å²) in [5.41, 5.74) is 5.20. The second kappa shape index (κ2) is 12.8. The van der Waals surface area contributed by atoms with Crippen molar-refractivity contribution >= 4 is 16.6 Å². The summed E-state index contributed by atoms with van der Waals surface area (Å²) in [5.74, 6) is 1.97. The summed E-state index contributed by atoms with van der Waals surface area (Å²) in [6, 6.07) is 15.1. The Morgan fingerprint density at radius 1 is 0.576 bits per heavy atom. The molecule has 5 heteroatoms. The number of aryl methyl sites for hydroxylation is 4. The van der Waals surface area contributed by atoms with E-state index in [0.29, 0.717) is 0 Å². The first-order valence-electron chi connectivity index (χ1n) is 12.6. The Morgan fingerprint density at radius 2 is 1.00 bits per heavy atom. The normalized spacial score (nSPS) is 12.1. The minimum absolute atomic E-state index is 0.781. The summed E-state index contributed by atoms with van der Waals surface area (Å²) in [7, 11) is -3.28. The van der Waals surface area contributed by atoms with Crippen molar-refractivity contribution in [1.82, 2.24) is 0 Å². The van der Waals surface area contributed by atoms with Gasteiger partial charge in [0, 0.05) is 0 Å². The zero-order valence-corrected chi connectivity index (χ0v) is 24.3. The summed E-state index contributed by atoms with van der Waals surface area (Å²) in [5, 5.41) is 0. The smallest absolute Gasteiger partial charge is 0.176 e. The summed E-state index contributed by atoms with van der Waals surface area (Å²) < 4.78 is 18.8. The molecule has 0 amide bonds. The zero-order chi connectivity index (χ0) is 24.5. The van der Waals surface area contributed by atoms with Gasteiger partial charge in [0.1, 0.15) is 11.5 Å². The Kier molecular flexibility index (Phi) is 10.7. The third-order valence-corrected chi connectivity index (χ3v) is 13.5. The van der Waals surface area contributed by atoms with Crippen LogP contribution in [0.15, 0.2) is 36.4 Å². The van der Waals surface area contributed by atoms with E-state index in [1.54, 1.807) is 0 Å². The molecule has 0 radical (unpaired) electrons. The molecule has 33 heavy (non-hydrogen) atoms. The number of hydrogen-bond donors (Lipinski definition) is 0. The van der Waals surface area contributed by atoms with Gasteiger partial charge < -0.3 is 13.6 Å². The Labute approximate surface area is 205 Å². The lowest BCUT2D eigenvalue weighted by Gasteiger charge is -2.35. The highest BCUT2D eigenvalue weighted by Gasteiger charge is 2.33. The summed E-state index contributed by atoms with van der Waals surface area (Å²) in [4.78, 5) is 0. The van der Waals surface area contributed by atoms with E-state index in [2.05, 4.69) is 90.3 Å². The fraction of sp³-hybridized carbons (Fsp3) is 0.571.